The summed E-state index contributed by atoms with van der Waals surface area (Å²) in [5, 5.41) is 0.955. The van der Waals surface area contributed by atoms with E-state index >= 15 is 0 Å². The topological polar surface area (TPSA) is 48.1 Å². The van der Waals surface area contributed by atoms with Gasteiger partial charge in [-0.05, 0) is 19.9 Å². The molecule has 2 aromatic rings. The van der Waals surface area contributed by atoms with E-state index in [0.717, 1.165) is 16.5 Å². The Labute approximate surface area is 106 Å². The van der Waals surface area contributed by atoms with Gasteiger partial charge in [0.15, 0.2) is 0 Å². The van der Waals surface area contributed by atoms with E-state index in [9.17, 15) is 0 Å². The van der Waals surface area contributed by atoms with Gasteiger partial charge in [0.1, 0.15) is 4.99 Å². The summed E-state index contributed by atoms with van der Waals surface area (Å²) in [4.78, 5) is 4.78. The van der Waals surface area contributed by atoms with Crippen LogP contribution in [-0.4, -0.2) is 16.1 Å². The lowest BCUT2D eigenvalue weighted by molar-refractivity contribution is 0.233. The molecule has 0 saturated heterocycles. The van der Waals surface area contributed by atoms with Gasteiger partial charge < -0.3 is 10.5 Å². The highest BCUT2D eigenvalue weighted by Gasteiger charge is 2.09. The van der Waals surface area contributed by atoms with Crippen LogP contribution in [0.4, 0.5) is 0 Å². The second-order valence-corrected chi connectivity index (χ2v) is 4.50. The molecule has 1 aromatic carbocycles. The fourth-order valence-electron chi connectivity index (χ4n) is 1.66. The van der Waals surface area contributed by atoms with Crippen LogP contribution in [0.5, 0.6) is 5.88 Å². The molecule has 0 amide bonds. The zero-order valence-corrected chi connectivity index (χ0v) is 10.6. The van der Waals surface area contributed by atoms with Gasteiger partial charge in [-0.1, -0.05) is 30.4 Å². The van der Waals surface area contributed by atoms with Crippen molar-refractivity contribution in [1.29, 1.82) is 0 Å². The summed E-state index contributed by atoms with van der Waals surface area (Å²) in [6, 6.07) is 9.54. The maximum absolute atomic E-state index is 5.73. The van der Waals surface area contributed by atoms with Gasteiger partial charge in [-0.3, -0.25) is 0 Å². The van der Waals surface area contributed by atoms with Crippen LogP contribution in [0.2, 0.25) is 0 Å². The number of fused-ring (bicyclic) bond motifs is 1. The summed E-state index contributed by atoms with van der Waals surface area (Å²) in [6.07, 6.45) is 0.0721. The number of hydrogen-bond donors (Lipinski definition) is 1. The quantitative estimate of drug-likeness (QED) is 0.846. The average molecular weight is 246 g/mol. The number of nitrogens with two attached hydrogens (primary N) is 1. The summed E-state index contributed by atoms with van der Waals surface area (Å²) < 4.78 is 5.59. The zero-order valence-electron chi connectivity index (χ0n) is 9.81. The molecule has 0 radical (unpaired) electrons. The number of benzene rings is 1. The highest BCUT2D eigenvalue weighted by atomic mass is 32.1. The van der Waals surface area contributed by atoms with Crippen LogP contribution in [0.3, 0.4) is 0 Å². The van der Waals surface area contributed by atoms with Crippen LogP contribution >= 0.6 is 12.2 Å². The van der Waals surface area contributed by atoms with Crippen molar-refractivity contribution in [3.05, 3.63) is 35.9 Å². The number of thiocarbonyl (C=S) groups is 1. The summed E-state index contributed by atoms with van der Waals surface area (Å²) in [5.41, 5.74) is 7.38. The zero-order chi connectivity index (χ0) is 12.4. The second-order valence-electron chi connectivity index (χ2n) is 4.06. The minimum atomic E-state index is 0.0721. The first kappa shape index (κ1) is 11.8. The molecule has 4 heteroatoms. The van der Waals surface area contributed by atoms with Crippen molar-refractivity contribution in [3.63, 3.8) is 0 Å². The minimum absolute atomic E-state index is 0.0721. The number of para-hydroxylation sites is 1. The number of rotatable bonds is 3. The third kappa shape index (κ3) is 2.53. The SMILES string of the molecule is CC(C)Oc1cc(C(N)=S)c2ccccc2n1. The third-order valence-electron chi connectivity index (χ3n) is 2.31. The van der Waals surface area contributed by atoms with E-state index < -0.39 is 0 Å². The second kappa shape index (κ2) is 4.67. The van der Waals surface area contributed by atoms with Gasteiger partial charge in [0.2, 0.25) is 5.88 Å². The number of pyridine rings is 1. The summed E-state index contributed by atoms with van der Waals surface area (Å²) >= 11 is 5.06. The van der Waals surface area contributed by atoms with Crippen molar-refractivity contribution in [2.24, 2.45) is 5.73 Å². The molecule has 2 rings (SSSR count). The van der Waals surface area contributed by atoms with E-state index in [1.807, 2.05) is 38.1 Å². The lowest BCUT2D eigenvalue weighted by atomic mass is 10.1. The van der Waals surface area contributed by atoms with E-state index in [4.69, 9.17) is 22.7 Å². The molecule has 1 heterocycles. The molecule has 0 aliphatic rings. The Morgan fingerprint density at radius 2 is 2.06 bits per heavy atom. The smallest absolute Gasteiger partial charge is 0.214 e. The monoisotopic (exact) mass is 246 g/mol. The lowest BCUT2D eigenvalue weighted by Gasteiger charge is -2.11. The molecule has 0 fully saturated rings. The maximum atomic E-state index is 5.73. The molecule has 0 aliphatic carbocycles. The van der Waals surface area contributed by atoms with E-state index in [2.05, 4.69) is 4.98 Å². The Kier molecular flexibility index (Phi) is 3.24. The first-order valence-electron chi connectivity index (χ1n) is 5.44. The summed E-state index contributed by atoms with van der Waals surface area (Å²) in [5.74, 6) is 0.557. The predicted octanol–water partition coefficient (Wildman–Crippen LogP) is 2.66. The molecule has 0 saturated carbocycles. The Balaban J connectivity index is 2.63. The summed E-state index contributed by atoms with van der Waals surface area (Å²) in [6.45, 7) is 3.91. The highest BCUT2D eigenvalue weighted by molar-refractivity contribution is 7.80. The van der Waals surface area contributed by atoms with Crippen LogP contribution < -0.4 is 10.5 Å². The van der Waals surface area contributed by atoms with Crippen LogP contribution in [-0.2, 0) is 0 Å². The van der Waals surface area contributed by atoms with Crippen LogP contribution in [0, 0.1) is 0 Å². The molecule has 88 valence electrons. The fraction of sp³-hybridized carbons (Fsp3) is 0.231. The van der Waals surface area contributed by atoms with Gasteiger partial charge in [0.05, 0.1) is 11.6 Å². The van der Waals surface area contributed by atoms with Crippen molar-refractivity contribution < 1.29 is 4.74 Å². The highest BCUT2D eigenvalue weighted by Crippen LogP contribution is 2.22. The number of aromatic nitrogens is 1. The Morgan fingerprint density at radius 1 is 1.35 bits per heavy atom. The molecule has 17 heavy (non-hydrogen) atoms. The maximum Gasteiger partial charge on any atom is 0.214 e. The predicted molar refractivity (Wildman–Crippen MR) is 73.4 cm³/mol. The first-order valence-corrected chi connectivity index (χ1v) is 5.85. The number of nitrogens with zero attached hydrogens (tertiary/aromatic N) is 1. The van der Waals surface area contributed by atoms with Gasteiger partial charge in [-0.25, -0.2) is 4.98 Å². The van der Waals surface area contributed by atoms with Crippen molar-refractivity contribution >= 4 is 28.1 Å². The molecule has 0 atom stereocenters. The molecule has 0 bridgehead atoms. The van der Waals surface area contributed by atoms with E-state index in [0.29, 0.717) is 10.9 Å². The molecule has 0 aliphatic heterocycles. The van der Waals surface area contributed by atoms with E-state index in [1.165, 1.54) is 0 Å². The Bertz CT molecular complexity index is 566. The minimum Gasteiger partial charge on any atom is -0.475 e. The molecule has 3 nitrogen and oxygen atoms in total. The largest absolute Gasteiger partial charge is 0.475 e. The van der Waals surface area contributed by atoms with Gasteiger partial charge in [0.25, 0.3) is 0 Å². The Morgan fingerprint density at radius 3 is 2.71 bits per heavy atom. The molecular weight excluding hydrogens is 232 g/mol. The van der Waals surface area contributed by atoms with Crippen molar-refractivity contribution in [3.8, 4) is 5.88 Å². The molecule has 1 aromatic heterocycles. The van der Waals surface area contributed by atoms with E-state index in [1.54, 1.807) is 6.07 Å². The number of hydrogen-bond acceptors (Lipinski definition) is 3. The lowest BCUT2D eigenvalue weighted by Crippen LogP contribution is -2.12. The van der Waals surface area contributed by atoms with Crippen LogP contribution in [0.25, 0.3) is 10.9 Å². The standard InChI is InChI=1S/C13H14N2OS/c1-8(2)16-12-7-10(13(14)17)9-5-3-4-6-11(9)15-12/h3-8H,1-2H3,(H2,14,17). The van der Waals surface area contributed by atoms with Gasteiger partial charge in [-0.2, -0.15) is 0 Å². The fourth-order valence-corrected chi connectivity index (χ4v) is 1.83. The Hall–Kier alpha value is -1.68. The molecule has 0 unspecified atom stereocenters. The van der Waals surface area contributed by atoms with Gasteiger partial charge >= 0.3 is 0 Å². The normalized spacial score (nSPS) is 10.8. The average Bonchev–Trinajstić information content (AvgIpc) is 2.27. The molecular formula is C13H14N2OS. The van der Waals surface area contributed by atoms with Crippen molar-refractivity contribution in [1.82, 2.24) is 4.98 Å². The van der Waals surface area contributed by atoms with E-state index in [-0.39, 0.29) is 6.10 Å². The molecule has 2 N–H and O–H groups in total. The number of ether oxygens (including phenoxy) is 1. The van der Waals surface area contributed by atoms with Crippen molar-refractivity contribution in [2.45, 2.75) is 20.0 Å². The van der Waals surface area contributed by atoms with Gasteiger partial charge in [-0.15, -0.1) is 0 Å². The summed E-state index contributed by atoms with van der Waals surface area (Å²) in [7, 11) is 0. The van der Waals surface area contributed by atoms with Crippen LogP contribution in [0.15, 0.2) is 30.3 Å². The van der Waals surface area contributed by atoms with Gasteiger partial charge in [0, 0.05) is 17.0 Å². The first-order chi connectivity index (χ1) is 8.08. The van der Waals surface area contributed by atoms with Crippen LogP contribution in [0.1, 0.15) is 19.4 Å². The third-order valence-corrected chi connectivity index (χ3v) is 2.53. The molecule has 0 spiro atoms. The van der Waals surface area contributed by atoms with Crippen molar-refractivity contribution in [2.75, 3.05) is 0 Å².